The zero-order valence-electron chi connectivity index (χ0n) is 22.7. The molecule has 7 nitrogen and oxygen atoms in total. The molecule has 7 heteroatoms. The molecule has 2 saturated heterocycles. The Kier molecular flexibility index (Phi) is 7.46. The van der Waals surface area contributed by atoms with Crippen LogP contribution in [-0.4, -0.2) is 60.5 Å². The monoisotopic (exact) mass is 517 g/mol. The van der Waals surface area contributed by atoms with Crippen molar-refractivity contribution in [3.8, 4) is 0 Å². The van der Waals surface area contributed by atoms with E-state index >= 15 is 0 Å². The van der Waals surface area contributed by atoms with Gasteiger partial charge in [-0.05, 0) is 62.4 Å². The van der Waals surface area contributed by atoms with Crippen LogP contribution in [0.1, 0.15) is 54.1 Å². The summed E-state index contributed by atoms with van der Waals surface area (Å²) in [4.78, 5) is 44.8. The molecule has 38 heavy (non-hydrogen) atoms. The summed E-state index contributed by atoms with van der Waals surface area (Å²) in [5.41, 5.74) is 4.83. The summed E-state index contributed by atoms with van der Waals surface area (Å²) in [6, 6.07) is 14.1. The van der Waals surface area contributed by atoms with E-state index in [1.54, 1.807) is 4.90 Å². The lowest BCUT2D eigenvalue weighted by Gasteiger charge is -2.29. The average molecular weight is 518 g/mol. The van der Waals surface area contributed by atoms with Crippen molar-refractivity contribution in [1.82, 2.24) is 4.90 Å². The van der Waals surface area contributed by atoms with Crippen molar-refractivity contribution in [1.29, 1.82) is 0 Å². The van der Waals surface area contributed by atoms with Crippen LogP contribution in [0.5, 0.6) is 0 Å². The molecule has 3 fully saturated rings. The molecule has 4 atom stereocenters. The Morgan fingerprint density at radius 2 is 1.55 bits per heavy atom. The predicted octanol–water partition coefficient (Wildman–Crippen LogP) is 4.76. The Morgan fingerprint density at radius 1 is 0.921 bits per heavy atom. The van der Waals surface area contributed by atoms with Crippen LogP contribution in [0.15, 0.2) is 42.5 Å². The van der Waals surface area contributed by atoms with Crippen LogP contribution in [0.3, 0.4) is 0 Å². The van der Waals surface area contributed by atoms with Gasteiger partial charge in [0.1, 0.15) is 0 Å². The Bertz CT molecular complexity index is 1190. The van der Waals surface area contributed by atoms with E-state index in [-0.39, 0.29) is 11.8 Å². The maximum absolute atomic E-state index is 13.5. The molecule has 1 aliphatic carbocycles. The number of aryl methyl sites for hydroxylation is 2. The third kappa shape index (κ3) is 4.91. The number of carboxylic acid groups (broad SMARTS) is 1. The van der Waals surface area contributed by atoms with Gasteiger partial charge in [-0.2, -0.15) is 0 Å². The highest BCUT2D eigenvalue weighted by atomic mass is 16.4. The fourth-order valence-corrected chi connectivity index (χ4v) is 6.88. The Hall–Kier alpha value is -3.35. The molecule has 2 aromatic rings. The van der Waals surface area contributed by atoms with Crippen LogP contribution in [0, 0.1) is 37.5 Å². The fraction of sp³-hybridized carbons (Fsp3) is 0.516. The minimum absolute atomic E-state index is 0.0622. The molecule has 2 aromatic carbocycles. The molecule has 1 saturated carbocycles. The summed E-state index contributed by atoms with van der Waals surface area (Å²) >= 11 is 0. The molecule has 202 valence electrons. The normalized spacial score (nSPS) is 24.5. The van der Waals surface area contributed by atoms with Gasteiger partial charge in [-0.3, -0.25) is 14.4 Å². The van der Waals surface area contributed by atoms with E-state index in [4.69, 9.17) is 0 Å². The van der Waals surface area contributed by atoms with E-state index in [0.29, 0.717) is 31.2 Å². The molecule has 3 aliphatic rings. The topological polar surface area (TPSA) is 81.2 Å². The quantitative estimate of drug-likeness (QED) is 0.573. The number of benzene rings is 2. The van der Waals surface area contributed by atoms with Crippen molar-refractivity contribution in [3.05, 3.63) is 59.2 Å². The van der Waals surface area contributed by atoms with Crippen LogP contribution in [0.4, 0.5) is 11.4 Å². The van der Waals surface area contributed by atoms with Crippen LogP contribution in [0.25, 0.3) is 0 Å². The number of nitrogens with zero attached hydrogens (tertiary/aromatic N) is 3. The molecule has 0 spiro atoms. The van der Waals surface area contributed by atoms with Crippen LogP contribution in [0.2, 0.25) is 0 Å². The van der Waals surface area contributed by atoms with Crippen LogP contribution < -0.4 is 9.80 Å². The molecule has 2 aliphatic heterocycles. The van der Waals surface area contributed by atoms with E-state index in [1.807, 2.05) is 56.0 Å². The van der Waals surface area contributed by atoms with Crippen molar-refractivity contribution in [2.45, 2.75) is 46.5 Å². The largest absolute Gasteiger partial charge is 0.481 e. The Morgan fingerprint density at radius 3 is 2.18 bits per heavy atom. The summed E-state index contributed by atoms with van der Waals surface area (Å²) in [5.74, 6) is -0.965. The molecule has 4 unspecified atom stereocenters. The Labute approximate surface area is 225 Å². The van der Waals surface area contributed by atoms with Crippen molar-refractivity contribution < 1.29 is 19.5 Å². The minimum atomic E-state index is -0.861. The van der Waals surface area contributed by atoms with E-state index < -0.39 is 17.8 Å². The maximum Gasteiger partial charge on any atom is 0.307 e. The minimum Gasteiger partial charge on any atom is -0.481 e. The number of anilines is 2. The lowest BCUT2D eigenvalue weighted by atomic mass is 9.94. The summed E-state index contributed by atoms with van der Waals surface area (Å²) in [6.45, 7) is 9.94. The number of likely N-dealkylation sites (tertiary alicyclic amines) is 1. The van der Waals surface area contributed by atoms with Gasteiger partial charge in [0, 0.05) is 61.5 Å². The van der Waals surface area contributed by atoms with Crippen LogP contribution >= 0.6 is 0 Å². The van der Waals surface area contributed by atoms with E-state index in [0.717, 1.165) is 67.1 Å². The third-order valence-corrected chi connectivity index (χ3v) is 8.84. The summed E-state index contributed by atoms with van der Waals surface area (Å²) in [5, 5.41) is 9.62. The summed E-state index contributed by atoms with van der Waals surface area (Å²) in [7, 11) is 0. The second kappa shape index (κ2) is 10.8. The van der Waals surface area contributed by atoms with Gasteiger partial charge in [0.15, 0.2) is 0 Å². The highest BCUT2D eigenvalue weighted by Crippen LogP contribution is 2.38. The molecule has 1 N–H and O–H groups in total. The van der Waals surface area contributed by atoms with E-state index in [2.05, 4.69) is 17.0 Å². The van der Waals surface area contributed by atoms with Gasteiger partial charge in [-0.15, -0.1) is 0 Å². The highest BCUT2D eigenvalue weighted by Gasteiger charge is 2.43. The first-order chi connectivity index (χ1) is 18.3. The second-order valence-corrected chi connectivity index (χ2v) is 11.4. The number of carboxylic acids is 1. The van der Waals surface area contributed by atoms with Gasteiger partial charge in [0.25, 0.3) is 5.91 Å². The third-order valence-electron chi connectivity index (χ3n) is 8.84. The number of carbonyl (C=O) groups excluding carboxylic acids is 2. The zero-order valence-corrected chi connectivity index (χ0v) is 22.7. The first kappa shape index (κ1) is 26.3. The predicted molar refractivity (Wildman–Crippen MR) is 149 cm³/mol. The van der Waals surface area contributed by atoms with E-state index in [1.165, 1.54) is 0 Å². The lowest BCUT2D eigenvalue weighted by Crippen LogP contribution is -2.40. The van der Waals surface area contributed by atoms with E-state index in [9.17, 15) is 19.5 Å². The summed E-state index contributed by atoms with van der Waals surface area (Å²) < 4.78 is 0. The van der Waals surface area contributed by atoms with Gasteiger partial charge in [0.05, 0.1) is 11.8 Å². The van der Waals surface area contributed by atoms with Gasteiger partial charge < -0.3 is 19.8 Å². The fourth-order valence-electron chi connectivity index (χ4n) is 6.88. The molecule has 0 bridgehead atoms. The zero-order chi connectivity index (χ0) is 27.0. The standard InChI is InChI=1S/C31H39N3O4/c1-4-14-34(29(35)26-12-7-13-27(26)31(37)38)25-11-6-10-24(15-25)32-16-22-18-33(19-23(22)17-32)30(36)28-20(2)8-5-9-21(28)3/h5-6,8-11,15,22-23,26-27H,4,7,12-14,16-19H2,1-3H3,(H,37,38). The van der Waals surface area contributed by atoms with Gasteiger partial charge in [-0.25, -0.2) is 0 Å². The lowest BCUT2D eigenvalue weighted by molar-refractivity contribution is -0.145. The van der Waals surface area contributed by atoms with Crippen LogP contribution in [-0.2, 0) is 9.59 Å². The molecule has 2 heterocycles. The number of hydrogen-bond acceptors (Lipinski definition) is 4. The van der Waals surface area contributed by atoms with Crippen molar-refractivity contribution >= 4 is 29.2 Å². The van der Waals surface area contributed by atoms with Crippen molar-refractivity contribution in [2.24, 2.45) is 23.7 Å². The smallest absolute Gasteiger partial charge is 0.307 e. The number of hydrogen-bond donors (Lipinski definition) is 1. The number of aliphatic carboxylic acids is 1. The second-order valence-electron chi connectivity index (χ2n) is 11.4. The molecule has 2 amide bonds. The average Bonchev–Trinajstić information content (AvgIpc) is 3.62. The number of fused-ring (bicyclic) bond motifs is 1. The SMILES string of the molecule is CCCN(C(=O)C1CCCC1C(=O)O)c1cccc(N2CC3CN(C(=O)c4c(C)cccc4C)CC3C2)c1. The van der Waals surface area contributed by atoms with Gasteiger partial charge >= 0.3 is 5.97 Å². The molecule has 0 radical (unpaired) electrons. The number of amides is 2. The number of rotatable bonds is 7. The molecular formula is C31H39N3O4. The van der Waals surface area contributed by atoms with Crippen molar-refractivity contribution in [2.75, 3.05) is 42.5 Å². The van der Waals surface area contributed by atoms with Gasteiger partial charge in [0.2, 0.25) is 5.91 Å². The molecule has 5 rings (SSSR count). The maximum atomic E-state index is 13.5. The Balaban J connectivity index is 1.28. The molecule has 0 aromatic heterocycles. The first-order valence-electron chi connectivity index (χ1n) is 14.0. The van der Waals surface area contributed by atoms with Crippen molar-refractivity contribution in [3.63, 3.8) is 0 Å². The highest BCUT2D eigenvalue weighted by molar-refractivity contribution is 5.98. The number of carbonyl (C=O) groups is 3. The van der Waals surface area contributed by atoms with Gasteiger partial charge in [-0.1, -0.05) is 37.6 Å². The summed E-state index contributed by atoms with van der Waals surface area (Å²) in [6.07, 6.45) is 2.80. The first-order valence-corrected chi connectivity index (χ1v) is 14.0. The molecular weight excluding hydrogens is 478 g/mol.